The van der Waals surface area contributed by atoms with Gasteiger partial charge in [-0.15, -0.1) is 0 Å². The molecule has 0 aromatic carbocycles. The minimum Gasteiger partial charge on any atom is -0.388 e. The number of nitrogens with one attached hydrogen (secondary N) is 1. The first-order valence-electron chi connectivity index (χ1n) is 6.52. The van der Waals surface area contributed by atoms with E-state index in [2.05, 4.69) is 16.4 Å². The number of hydrogen-bond acceptors (Lipinski definition) is 4. The molecule has 2 N–H and O–H groups in total. The third-order valence-corrected chi connectivity index (χ3v) is 3.34. The first-order valence-corrected chi connectivity index (χ1v) is 6.52. The van der Waals surface area contributed by atoms with Crippen LogP contribution in [-0.2, 0) is 6.42 Å². The zero-order chi connectivity index (χ0) is 13.2. The predicted octanol–water partition coefficient (Wildman–Crippen LogP) is 0.971. The van der Waals surface area contributed by atoms with E-state index < -0.39 is 5.60 Å². The monoisotopic (exact) mass is 249 g/mol. The van der Waals surface area contributed by atoms with Crippen molar-refractivity contribution in [2.75, 3.05) is 27.2 Å². The summed E-state index contributed by atoms with van der Waals surface area (Å²) < 4.78 is 0. The molecule has 0 saturated carbocycles. The zero-order valence-electron chi connectivity index (χ0n) is 11.5. The maximum Gasteiger partial charge on any atom is 0.0869 e. The van der Waals surface area contributed by atoms with Crippen LogP contribution in [-0.4, -0.2) is 47.8 Å². The molecule has 0 aliphatic heterocycles. The molecule has 0 fully saturated rings. The average molecular weight is 249 g/mol. The Labute approximate surface area is 109 Å². The number of pyridine rings is 1. The molecule has 18 heavy (non-hydrogen) atoms. The van der Waals surface area contributed by atoms with Crippen molar-refractivity contribution in [2.24, 2.45) is 0 Å². The van der Waals surface area contributed by atoms with Crippen molar-refractivity contribution in [3.8, 4) is 0 Å². The van der Waals surface area contributed by atoms with Gasteiger partial charge in [-0.2, -0.15) is 0 Å². The highest BCUT2D eigenvalue weighted by Gasteiger charge is 2.27. The van der Waals surface area contributed by atoms with Crippen LogP contribution < -0.4 is 5.32 Å². The van der Waals surface area contributed by atoms with Crippen LogP contribution in [0.3, 0.4) is 0 Å². The van der Waals surface area contributed by atoms with Gasteiger partial charge in [-0.1, -0.05) is 6.07 Å². The van der Waals surface area contributed by atoms with E-state index in [0.717, 1.165) is 18.5 Å². The Morgan fingerprint density at radius 1 is 1.56 bits per heavy atom. The second-order valence-corrected chi connectivity index (χ2v) is 5.75. The van der Waals surface area contributed by atoms with E-state index in [9.17, 15) is 5.11 Å². The molecule has 0 spiro atoms. The highest BCUT2D eigenvalue weighted by molar-refractivity contribution is 5.27. The van der Waals surface area contributed by atoms with Crippen molar-refractivity contribution >= 4 is 0 Å². The number of fused-ring (bicyclic) bond motifs is 1. The number of likely N-dealkylation sites (N-methyl/N-ethyl adjacent to an activating group) is 1. The van der Waals surface area contributed by atoms with Crippen molar-refractivity contribution in [2.45, 2.75) is 31.4 Å². The van der Waals surface area contributed by atoms with Crippen molar-refractivity contribution in [1.29, 1.82) is 0 Å². The molecule has 1 aliphatic carbocycles. The summed E-state index contributed by atoms with van der Waals surface area (Å²) in [5.41, 5.74) is 1.78. The predicted molar refractivity (Wildman–Crippen MR) is 72.5 cm³/mol. The van der Waals surface area contributed by atoms with Crippen molar-refractivity contribution in [3.05, 3.63) is 29.6 Å². The maximum atomic E-state index is 10.3. The normalized spacial score (nSPS) is 21.9. The Hall–Kier alpha value is -0.970. The SMILES string of the molecule is CN(C)CC(C)(O)CNC1CCc2cccnc21. The molecular weight excluding hydrogens is 226 g/mol. The minimum atomic E-state index is -0.707. The van der Waals surface area contributed by atoms with Crippen molar-refractivity contribution in [1.82, 2.24) is 15.2 Å². The van der Waals surface area contributed by atoms with E-state index in [1.807, 2.05) is 38.2 Å². The van der Waals surface area contributed by atoms with Crippen LogP contribution in [0.4, 0.5) is 0 Å². The highest BCUT2D eigenvalue weighted by Crippen LogP contribution is 2.28. The van der Waals surface area contributed by atoms with Crippen LogP contribution in [0.15, 0.2) is 18.3 Å². The molecule has 0 amide bonds. The number of nitrogens with zero attached hydrogens (tertiary/aromatic N) is 2. The van der Waals surface area contributed by atoms with E-state index in [0.29, 0.717) is 13.1 Å². The quantitative estimate of drug-likeness (QED) is 0.816. The van der Waals surface area contributed by atoms with Crippen LogP contribution in [0.2, 0.25) is 0 Å². The van der Waals surface area contributed by atoms with Crippen LogP contribution in [0.25, 0.3) is 0 Å². The summed E-state index contributed by atoms with van der Waals surface area (Å²) in [6.07, 6.45) is 4.00. The number of aliphatic hydroxyl groups is 1. The molecule has 4 nitrogen and oxygen atoms in total. The van der Waals surface area contributed by atoms with E-state index >= 15 is 0 Å². The summed E-state index contributed by atoms with van der Waals surface area (Å²) >= 11 is 0. The van der Waals surface area contributed by atoms with Gasteiger partial charge in [-0.3, -0.25) is 4.98 Å². The Bertz CT molecular complexity index is 404. The molecule has 0 bridgehead atoms. The van der Waals surface area contributed by atoms with Gasteiger partial charge >= 0.3 is 0 Å². The topological polar surface area (TPSA) is 48.4 Å². The standard InChI is InChI=1S/C14H23N3O/c1-14(18,10-17(2)3)9-16-12-7-6-11-5-4-8-15-13(11)12/h4-5,8,12,16,18H,6-7,9-10H2,1-3H3. The molecular formula is C14H23N3O. The fraction of sp³-hybridized carbons (Fsp3) is 0.643. The van der Waals surface area contributed by atoms with Crippen LogP contribution >= 0.6 is 0 Å². The van der Waals surface area contributed by atoms with Crippen LogP contribution in [0.1, 0.15) is 30.6 Å². The first kappa shape index (κ1) is 13.5. The lowest BCUT2D eigenvalue weighted by molar-refractivity contribution is 0.0312. The maximum absolute atomic E-state index is 10.3. The average Bonchev–Trinajstić information content (AvgIpc) is 2.68. The third-order valence-electron chi connectivity index (χ3n) is 3.34. The zero-order valence-corrected chi connectivity index (χ0v) is 11.5. The number of aryl methyl sites for hydroxylation is 1. The van der Waals surface area contributed by atoms with Gasteiger partial charge < -0.3 is 15.3 Å². The van der Waals surface area contributed by atoms with Gasteiger partial charge in [-0.05, 0) is 45.5 Å². The molecule has 0 radical (unpaired) electrons. The summed E-state index contributed by atoms with van der Waals surface area (Å²) in [5.74, 6) is 0. The van der Waals surface area contributed by atoms with Crippen molar-refractivity contribution < 1.29 is 5.11 Å². The van der Waals surface area contributed by atoms with Gasteiger partial charge in [0.25, 0.3) is 0 Å². The van der Waals surface area contributed by atoms with Crippen LogP contribution in [0, 0.1) is 0 Å². The summed E-state index contributed by atoms with van der Waals surface area (Å²) in [5, 5.41) is 13.7. The van der Waals surface area contributed by atoms with E-state index in [-0.39, 0.29) is 6.04 Å². The second-order valence-electron chi connectivity index (χ2n) is 5.75. The molecule has 1 aliphatic rings. The minimum absolute atomic E-state index is 0.287. The molecule has 1 aromatic rings. The molecule has 2 atom stereocenters. The van der Waals surface area contributed by atoms with Gasteiger partial charge in [0, 0.05) is 19.3 Å². The number of aromatic nitrogens is 1. The smallest absolute Gasteiger partial charge is 0.0869 e. The van der Waals surface area contributed by atoms with Gasteiger partial charge in [0.15, 0.2) is 0 Å². The molecule has 0 saturated heterocycles. The lowest BCUT2D eigenvalue weighted by Crippen LogP contribution is -2.46. The van der Waals surface area contributed by atoms with E-state index in [4.69, 9.17) is 0 Å². The Balaban J connectivity index is 1.92. The molecule has 1 heterocycles. The van der Waals surface area contributed by atoms with Gasteiger partial charge in [0.05, 0.1) is 17.3 Å². The summed E-state index contributed by atoms with van der Waals surface area (Å²) in [6.45, 7) is 3.11. The second kappa shape index (κ2) is 5.34. The Morgan fingerprint density at radius 2 is 2.33 bits per heavy atom. The summed E-state index contributed by atoms with van der Waals surface area (Å²) in [4.78, 5) is 6.45. The first-order chi connectivity index (χ1) is 8.48. The van der Waals surface area contributed by atoms with E-state index in [1.165, 1.54) is 5.56 Å². The molecule has 1 aromatic heterocycles. The summed E-state index contributed by atoms with van der Waals surface area (Å²) in [7, 11) is 3.95. The largest absolute Gasteiger partial charge is 0.388 e. The number of hydrogen-bond donors (Lipinski definition) is 2. The van der Waals surface area contributed by atoms with Gasteiger partial charge in [0.1, 0.15) is 0 Å². The molecule has 100 valence electrons. The van der Waals surface area contributed by atoms with Crippen molar-refractivity contribution in [3.63, 3.8) is 0 Å². The Kier molecular flexibility index (Phi) is 4.00. The Morgan fingerprint density at radius 3 is 3.06 bits per heavy atom. The van der Waals surface area contributed by atoms with E-state index in [1.54, 1.807) is 0 Å². The molecule has 4 heteroatoms. The summed E-state index contributed by atoms with van der Waals surface area (Å²) in [6, 6.07) is 4.42. The number of rotatable bonds is 5. The molecule has 2 rings (SSSR count). The van der Waals surface area contributed by atoms with Crippen LogP contribution in [0.5, 0.6) is 0 Å². The third kappa shape index (κ3) is 3.28. The fourth-order valence-electron chi connectivity index (χ4n) is 2.69. The lowest BCUT2D eigenvalue weighted by atomic mass is 10.1. The highest BCUT2D eigenvalue weighted by atomic mass is 16.3. The van der Waals surface area contributed by atoms with Gasteiger partial charge in [-0.25, -0.2) is 0 Å². The lowest BCUT2D eigenvalue weighted by Gasteiger charge is -2.28. The fourth-order valence-corrected chi connectivity index (χ4v) is 2.69. The molecule has 2 unspecified atom stereocenters. The van der Waals surface area contributed by atoms with Gasteiger partial charge in [0.2, 0.25) is 0 Å².